The number of hydrogen-bond acceptors (Lipinski definition) is 3. The average Bonchev–Trinajstić information content (AvgIpc) is 2.75. The number of carbonyl (C=O) groups excluding carboxylic acids is 2. The van der Waals surface area contributed by atoms with Crippen molar-refractivity contribution in [1.82, 2.24) is 10.2 Å². The van der Waals surface area contributed by atoms with Crippen molar-refractivity contribution in [1.29, 1.82) is 0 Å². The van der Waals surface area contributed by atoms with Crippen molar-refractivity contribution in [3.05, 3.63) is 29.8 Å². The molecule has 2 heterocycles. The molecule has 2 bridgehead atoms. The Morgan fingerprint density at radius 2 is 2.08 bits per heavy atom. The van der Waals surface area contributed by atoms with Crippen molar-refractivity contribution in [3.8, 4) is 0 Å². The molecule has 24 heavy (non-hydrogen) atoms. The largest absolute Gasteiger partial charge is 0.416 e. The zero-order valence-electron chi connectivity index (χ0n) is 12.6. The average molecular weight is 343 g/mol. The van der Waals surface area contributed by atoms with Gasteiger partial charge >= 0.3 is 12.2 Å². The normalized spacial score (nSPS) is 24.1. The van der Waals surface area contributed by atoms with Gasteiger partial charge in [-0.15, -0.1) is 0 Å². The molecule has 0 aromatic heterocycles. The summed E-state index contributed by atoms with van der Waals surface area (Å²) in [4.78, 5) is 25.7. The minimum absolute atomic E-state index is 0.0553. The van der Waals surface area contributed by atoms with Gasteiger partial charge in [0.15, 0.2) is 0 Å². The Balaban J connectivity index is 1.72. The first kappa shape index (κ1) is 16.6. The first-order chi connectivity index (χ1) is 11.3. The molecule has 3 rings (SSSR count). The first-order valence-corrected chi connectivity index (χ1v) is 7.44. The number of fused-ring (bicyclic) bond motifs is 3. The van der Waals surface area contributed by atoms with Crippen LogP contribution in [0.1, 0.15) is 5.56 Å². The van der Waals surface area contributed by atoms with Crippen molar-refractivity contribution in [2.45, 2.75) is 12.2 Å². The fourth-order valence-corrected chi connectivity index (χ4v) is 2.77. The Bertz CT molecular complexity index is 650. The monoisotopic (exact) mass is 343 g/mol. The van der Waals surface area contributed by atoms with Crippen LogP contribution in [0, 0.1) is 5.92 Å². The van der Waals surface area contributed by atoms with Gasteiger partial charge in [0.05, 0.1) is 30.7 Å². The molecule has 9 heteroatoms. The summed E-state index contributed by atoms with van der Waals surface area (Å²) in [6.45, 7) is 0.922. The van der Waals surface area contributed by atoms with Crippen LogP contribution in [0.2, 0.25) is 0 Å². The van der Waals surface area contributed by atoms with Crippen molar-refractivity contribution < 1.29 is 27.5 Å². The quantitative estimate of drug-likeness (QED) is 0.815. The van der Waals surface area contributed by atoms with Crippen LogP contribution in [0.15, 0.2) is 24.3 Å². The van der Waals surface area contributed by atoms with Crippen molar-refractivity contribution in [2.75, 3.05) is 31.6 Å². The minimum Gasteiger partial charge on any atom is -0.378 e. The molecule has 0 spiro atoms. The molecule has 2 aliphatic rings. The number of alkyl halides is 3. The Morgan fingerprint density at radius 3 is 2.83 bits per heavy atom. The number of amides is 3. The first-order valence-electron chi connectivity index (χ1n) is 7.44. The van der Waals surface area contributed by atoms with Crippen LogP contribution in [0.3, 0.4) is 0 Å². The third kappa shape index (κ3) is 3.61. The minimum atomic E-state index is -4.48. The Kier molecular flexibility index (Phi) is 4.35. The van der Waals surface area contributed by atoms with E-state index in [0.717, 1.165) is 12.1 Å². The maximum absolute atomic E-state index is 12.7. The van der Waals surface area contributed by atoms with E-state index in [2.05, 4.69) is 10.6 Å². The van der Waals surface area contributed by atoms with E-state index in [1.54, 1.807) is 0 Å². The van der Waals surface area contributed by atoms with Crippen LogP contribution in [-0.4, -0.2) is 49.2 Å². The molecule has 1 aromatic carbocycles. The van der Waals surface area contributed by atoms with Gasteiger partial charge < -0.3 is 20.3 Å². The predicted molar refractivity (Wildman–Crippen MR) is 78.3 cm³/mol. The number of carbonyl (C=O) groups is 2. The molecule has 2 fully saturated rings. The van der Waals surface area contributed by atoms with Gasteiger partial charge in [-0.05, 0) is 18.2 Å². The predicted octanol–water partition coefficient (Wildman–Crippen LogP) is 1.68. The number of nitrogens with zero attached hydrogens (tertiary/aromatic N) is 1. The van der Waals surface area contributed by atoms with E-state index in [9.17, 15) is 22.8 Å². The van der Waals surface area contributed by atoms with Gasteiger partial charge in [-0.25, -0.2) is 4.79 Å². The number of ether oxygens (including phenoxy) is 1. The number of rotatable bonds is 1. The Hall–Kier alpha value is -2.29. The zero-order valence-corrected chi connectivity index (χ0v) is 12.6. The molecule has 0 unspecified atom stereocenters. The molecular weight excluding hydrogens is 327 g/mol. The SMILES string of the molecule is O=C1N[C@@H]2COC[C@H]1CN(C(=O)Nc1cccc(C(F)(F)F)c1)C2. The van der Waals surface area contributed by atoms with E-state index in [4.69, 9.17) is 4.74 Å². The van der Waals surface area contributed by atoms with E-state index in [1.807, 2.05) is 0 Å². The number of hydrogen-bond donors (Lipinski definition) is 2. The molecule has 130 valence electrons. The second-order valence-corrected chi connectivity index (χ2v) is 5.85. The topological polar surface area (TPSA) is 70.7 Å². The van der Waals surface area contributed by atoms with E-state index in [1.165, 1.54) is 17.0 Å². The summed E-state index contributed by atoms with van der Waals surface area (Å²) in [5.74, 6) is -0.656. The summed E-state index contributed by atoms with van der Waals surface area (Å²) in [5.41, 5.74) is -0.780. The van der Waals surface area contributed by atoms with Gasteiger partial charge in [0, 0.05) is 18.8 Å². The van der Waals surface area contributed by atoms with Crippen molar-refractivity contribution >= 4 is 17.6 Å². The molecule has 2 aliphatic heterocycles. The van der Waals surface area contributed by atoms with Crippen LogP contribution in [0.4, 0.5) is 23.7 Å². The van der Waals surface area contributed by atoms with Crippen LogP contribution in [0.25, 0.3) is 0 Å². The summed E-state index contributed by atoms with van der Waals surface area (Å²) in [5, 5.41) is 5.25. The summed E-state index contributed by atoms with van der Waals surface area (Å²) >= 11 is 0. The smallest absolute Gasteiger partial charge is 0.378 e. The van der Waals surface area contributed by atoms with Crippen molar-refractivity contribution in [2.24, 2.45) is 5.92 Å². The lowest BCUT2D eigenvalue weighted by molar-refractivity contribution is -0.137. The van der Waals surface area contributed by atoms with Gasteiger partial charge in [-0.2, -0.15) is 13.2 Å². The van der Waals surface area contributed by atoms with E-state index in [0.29, 0.717) is 6.61 Å². The molecule has 2 saturated heterocycles. The van der Waals surface area contributed by atoms with Crippen LogP contribution in [0.5, 0.6) is 0 Å². The second-order valence-electron chi connectivity index (χ2n) is 5.85. The lowest BCUT2D eigenvalue weighted by Gasteiger charge is -2.27. The summed E-state index contributed by atoms with van der Waals surface area (Å²) in [7, 11) is 0. The van der Waals surface area contributed by atoms with Gasteiger partial charge in [0.1, 0.15) is 0 Å². The number of anilines is 1. The van der Waals surface area contributed by atoms with Crippen LogP contribution < -0.4 is 10.6 Å². The number of benzene rings is 1. The van der Waals surface area contributed by atoms with Gasteiger partial charge in [-0.3, -0.25) is 4.79 Å². The number of urea groups is 1. The van der Waals surface area contributed by atoms with E-state index in [-0.39, 0.29) is 37.3 Å². The molecule has 3 amide bonds. The second kappa shape index (κ2) is 6.31. The van der Waals surface area contributed by atoms with Gasteiger partial charge in [-0.1, -0.05) is 6.07 Å². The summed E-state index contributed by atoms with van der Waals surface area (Å²) in [6.07, 6.45) is -4.48. The number of nitrogens with one attached hydrogen (secondary N) is 2. The van der Waals surface area contributed by atoms with Gasteiger partial charge in [0.2, 0.25) is 5.91 Å². The molecule has 1 aromatic rings. The highest BCUT2D eigenvalue weighted by atomic mass is 19.4. The highest BCUT2D eigenvalue weighted by Gasteiger charge is 2.35. The fourth-order valence-electron chi connectivity index (χ4n) is 2.77. The molecule has 2 atom stereocenters. The standard InChI is InChI=1S/C15H16F3N3O3/c16-15(17,18)10-2-1-3-11(4-10)20-14(23)21-5-9-7-24-8-12(6-21)19-13(9)22/h1-4,9,12H,5-8H2,(H,19,22)(H,20,23)/t9-,12+/m1/s1. The molecule has 2 N–H and O–H groups in total. The fraction of sp³-hybridized carbons (Fsp3) is 0.467. The maximum atomic E-state index is 12.7. The molecular formula is C15H16F3N3O3. The Morgan fingerprint density at radius 1 is 1.29 bits per heavy atom. The molecule has 0 radical (unpaired) electrons. The van der Waals surface area contributed by atoms with Crippen LogP contribution in [-0.2, 0) is 15.7 Å². The molecule has 0 aliphatic carbocycles. The lowest BCUT2D eigenvalue weighted by atomic mass is 10.1. The Labute approximate surface area is 135 Å². The summed E-state index contributed by atoms with van der Waals surface area (Å²) < 4.78 is 43.6. The molecule has 0 saturated carbocycles. The highest BCUT2D eigenvalue weighted by molar-refractivity contribution is 5.90. The number of halogens is 3. The third-order valence-corrected chi connectivity index (χ3v) is 3.97. The highest BCUT2D eigenvalue weighted by Crippen LogP contribution is 2.30. The summed E-state index contributed by atoms with van der Waals surface area (Å²) in [6, 6.07) is 3.57. The van der Waals surface area contributed by atoms with E-state index < -0.39 is 23.7 Å². The lowest BCUT2D eigenvalue weighted by Crippen LogP contribution is -2.46. The van der Waals surface area contributed by atoms with E-state index >= 15 is 0 Å². The van der Waals surface area contributed by atoms with Crippen molar-refractivity contribution in [3.63, 3.8) is 0 Å². The molecule has 6 nitrogen and oxygen atoms in total. The maximum Gasteiger partial charge on any atom is 0.416 e. The van der Waals surface area contributed by atoms with Gasteiger partial charge in [0.25, 0.3) is 0 Å². The van der Waals surface area contributed by atoms with Crippen LogP contribution >= 0.6 is 0 Å². The zero-order chi connectivity index (χ0) is 17.3. The third-order valence-electron chi connectivity index (χ3n) is 3.97.